The van der Waals surface area contributed by atoms with Crippen LogP contribution in [0.5, 0.6) is 5.75 Å². The number of rotatable bonds is 8. The maximum Gasteiger partial charge on any atom is 0.306 e. The Labute approximate surface area is 118 Å². The second-order valence-corrected chi connectivity index (χ2v) is 6.48. The average molecular weight is 301 g/mol. The number of nitrogens with two attached hydrogens (primary N) is 1. The number of sulfone groups is 1. The Morgan fingerprint density at radius 1 is 1.20 bits per heavy atom. The van der Waals surface area contributed by atoms with E-state index in [2.05, 4.69) is 4.74 Å². The molecule has 0 aromatic heterocycles. The van der Waals surface area contributed by atoms with Crippen molar-refractivity contribution in [1.29, 1.82) is 0 Å². The lowest BCUT2D eigenvalue weighted by molar-refractivity contribution is -0.140. The molecule has 0 atom stereocenters. The summed E-state index contributed by atoms with van der Waals surface area (Å²) in [4.78, 5) is 10.9. The Balaban J connectivity index is 2.36. The Hall–Kier alpha value is -1.60. The third-order valence-corrected chi connectivity index (χ3v) is 4.28. The SMILES string of the molecule is COC(=O)CCS(=O)(=O)CCOc1ccc(CN)cc1. The van der Waals surface area contributed by atoms with E-state index in [9.17, 15) is 13.2 Å². The molecule has 20 heavy (non-hydrogen) atoms. The predicted molar refractivity (Wildman–Crippen MR) is 75.1 cm³/mol. The van der Waals surface area contributed by atoms with Gasteiger partial charge in [-0.15, -0.1) is 0 Å². The summed E-state index contributed by atoms with van der Waals surface area (Å²) in [6.45, 7) is 0.494. The summed E-state index contributed by atoms with van der Waals surface area (Å²) >= 11 is 0. The van der Waals surface area contributed by atoms with E-state index < -0.39 is 15.8 Å². The van der Waals surface area contributed by atoms with Crippen LogP contribution in [0.15, 0.2) is 24.3 Å². The molecule has 0 spiro atoms. The highest BCUT2D eigenvalue weighted by Crippen LogP contribution is 2.11. The molecule has 1 rings (SSSR count). The molecule has 112 valence electrons. The lowest BCUT2D eigenvalue weighted by Gasteiger charge is -2.07. The van der Waals surface area contributed by atoms with E-state index in [4.69, 9.17) is 10.5 Å². The maximum absolute atomic E-state index is 11.6. The van der Waals surface area contributed by atoms with Crippen molar-refractivity contribution >= 4 is 15.8 Å². The van der Waals surface area contributed by atoms with Gasteiger partial charge in [0.1, 0.15) is 12.4 Å². The number of benzene rings is 1. The van der Waals surface area contributed by atoms with Gasteiger partial charge in [0.05, 0.1) is 25.0 Å². The molecular weight excluding hydrogens is 282 g/mol. The van der Waals surface area contributed by atoms with Crippen molar-refractivity contribution in [2.45, 2.75) is 13.0 Å². The Kier molecular flexibility index (Phi) is 6.47. The Morgan fingerprint density at radius 2 is 1.85 bits per heavy atom. The number of methoxy groups -OCH3 is 1. The predicted octanol–water partition coefficient (Wildman–Crippen LogP) is 0.502. The number of carbonyl (C=O) groups excluding carboxylic acids is 1. The van der Waals surface area contributed by atoms with Gasteiger partial charge in [-0.25, -0.2) is 8.42 Å². The van der Waals surface area contributed by atoms with Gasteiger partial charge in [0.15, 0.2) is 9.84 Å². The molecule has 7 heteroatoms. The normalized spacial score (nSPS) is 11.1. The van der Waals surface area contributed by atoms with Crippen LogP contribution in [0.25, 0.3) is 0 Å². The van der Waals surface area contributed by atoms with Crippen molar-refractivity contribution in [2.24, 2.45) is 5.73 Å². The van der Waals surface area contributed by atoms with Gasteiger partial charge in [0, 0.05) is 6.54 Å². The van der Waals surface area contributed by atoms with Crippen LogP contribution in [-0.4, -0.2) is 39.6 Å². The topological polar surface area (TPSA) is 95.7 Å². The molecule has 0 amide bonds. The van der Waals surface area contributed by atoms with Gasteiger partial charge in [-0.05, 0) is 17.7 Å². The average Bonchev–Trinajstić information content (AvgIpc) is 2.45. The first-order valence-corrected chi connectivity index (χ1v) is 7.98. The molecular formula is C13H19NO5S. The molecule has 0 bridgehead atoms. The van der Waals surface area contributed by atoms with E-state index in [-0.39, 0.29) is 24.5 Å². The summed E-state index contributed by atoms with van der Waals surface area (Å²) in [5, 5.41) is 0. The molecule has 0 saturated carbocycles. The van der Waals surface area contributed by atoms with Crippen LogP contribution >= 0.6 is 0 Å². The van der Waals surface area contributed by atoms with Crippen molar-refractivity contribution in [2.75, 3.05) is 25.2 Å². The molecule has 0 fully saturated rings. The van der Waals surface area contributed by atoms with E-state index in [0.717, 1.165) is 5.56 Å². The monoisotopic (exact) mass is 301 g/mol. The lowest BCUT2D eigenvalue weighted by Crippen LogP contribution is -2.19. The highest BCUT2D eigenvalue weighted by molar-refractivity contribution is 7.91. The first-order valence-electron chi connectivity index (χ1n) is 6.16. The molecule has 0 saturated heterocycles. The molecule has 2 N–H and O–H groups in total. The van der Waals surface area contributed by atoms with Crippen LogP contribution in [-0.2, 0) is 25.9 Å². The highest BCUT2D eigenvalue weighted by Gasteiger charge is 2.14. The van der Waals surface area contributed by atoms with Gasteiger partial charge in [0.2, 0.25) is 0 Å². The van der Waals surface area contributed by atoms with Crippen LogP contribution in [0.4, 0.5) is 0 Å². The third-order valence-electron chi connectivity index (χ3n) is 2.67. The largest absolute Gasteiger partial charge is 0.493 e. The van der Waals surface area contributed by atoms with Crippen LogP contribution in [0.1, 0.15) is 12.0 Å². The summed E-state index contributed by atoms with van der Waals surface area (Å²) in [7, 11) is -2.09. The van der Waals surface area contributed by atoms with Crippen LogP contribution < -0.4 is 10.5 Å². The lowest BCUT2D eigenvalue weighted by atomic mass is 10.2. The number of esters is 1. The first kappa shape index (κ1) is 16.5. The van der Waals surface area contributed by atoms with Crippen molar-refractivity contribution < 1.29 is 22.7 Å². The van der Waals surface area contributed by atoms with E-state index in [1.165, 1.54) is 7.11 Å². The van der Waals surface area contributed by atoms with E-state index in [1.54, 1.807) is 12.1 Å². The highest BCUT2D eigenvalue weighted by atomic mass is 32.2. The summed E-state index contributed by atoms with van der Waals surface area (Å²) < 4.78 is 33.0. The zero-order valence-corrected chi connectivity index (χ0v) is 12.2. The minimum Gasteiger partial charge on any atom is -0.493 e. The Morgan fingerprint density at radius 3 is 2.40 bits per heavy atom. The van der Waals surface area contributed by atoms with Crippen molar-refractivity contribution in [3.63, 3.8) is 0 Å². The molecule has 0 heterocycles. The van der Waals surface area contributed by atoms with E-state index in [0.29, 0.717) is 12.3 Å². The molecule has 0 aliphatic heterocycles. The summed E-state index contributed by atoms with van der Waals surface area (Å²) in [5.41, 5.74) is 6.44. The zero-order chi connectivity index (χ0) is 15.0. The van der Waals surface area contributed by atoms with Crippen molar-refractivity contribution in [3.8, 4) is 5.75 Å². The number of ether oxygens (including phenoxy) is 2. The van der Waals surface area contributed by atoms with E-state index in [1.807, 2.05) is 12.1 Å². The fourth-order valence-corrected chi connectivity index (χ4v) is 2.47. The van der Waals surface area contributed by atoms with E-state index >= 15 is 0 Å². The second kappa shape index (κ2) is 7.86. The van der Waals surface area contributed by atoms with Crippen LogP contribution in [0.2, 0.25) is 0 Å². The minimum atomic E-state index is -3.32. The van der Waals surface area contributed by atoms with Crippen molar-refractivity contribution in [1.82, 2.24) is 0 Å². The minimum absolute atomic E-state index is 0.0471. The van der Waals surface area contributed by atoms with Crippen LogP contribution in [0.3, 0.4) is 0 Å². The molecule has 0 aliphatic carbocycles. The van der Waals surface area contributed by atoms with Gasteiger partial charge < -0.3 is 15.2 Å². The van der Waals surface area contributed by atoms with Gasteiger partial charge >= 0.3 is 5.97 Å². The molecule has 0 aliphatic rings. The number of carbonyl (C=O) groups is 1. The molecule has 1 aromatic carbocycles. The third kappa shape index (κ3) is 6.03. The summed E-state index contributed by atoms with van der Waals surface area (Å²) in [5.74, 6) is -0.310. The molecule has 1 aromatic rings. The van der Waals surface area contributed by atoms with Gasteiger partial charge in [0.25, 0.3) is 0 Å². The number of hydrogen-bond donors (Lipinski definition) is 1. The fraction of sp³-hybridized carbons (Fsp3) is 0.462. The van der Waals surface area contributed by atoms with Gasteiger partial charge in [-0.2, -0.15) is 0 Å². The number of hydrogen-bond acceptors (Lipinski definition) is 6. The zero-order valence-electron chi connectivity index (χ0n) is 11.4. The van der Waals surface area contributed by atoms with Crippen molar-refractivity contribution in [3.05, 3.63) is 29.8 Å². The standard InChI is InChI=1S/C13H19NO5S/c1-18-13(15)6-8-20(16,17)9-7-19-12-4-2-11(10-14)3-5-12/h2-5H,6-10,14H2,1H3. The quantitative estimate of drug-likeness (QED) is 0.703. The molecule has 0 radical (unpaired) electrons. The first-order chi connectivity index (χ1) is 9.46. The molecule has 6 nitrogen and oxygen atoms in total. The maximum atomic E-state index is 11.6. The second-order valence-electron chi connectivity index (χ2n) is 4.17. The molecule has 0 unspecified atom stereocenters. The smallest absolute Gasteiger partial charge is 0.306 e. The fourth-order valence-electron chi connectivity index (χ4n) is 1.45. The summed E-state index contributed by atoms with van der Waals surface area (Å²) in [6.07, 6.45) is -0.135. The van der Waals surface area contributed by atoms with Crippen LogP contribution in [0, 0.1) is 0 Å². The van der Waals surface area contributed by atoms with Gasteiger partial charge in [-0.1, -0.05) is 12.1 Å². The Bertz CT molecular complexity index is 524. The van der Waals surface area contributed by atoms with Gasteiger partial charge in [-0.3, -0.25) is 4.79 Å². The summed E-state index contributed by atoms with van der Waals surface area (Å²) in [6, 6.07) is 7.12.